The Morgan fingerprint density at radius 1 is 1.25 bits per heavy atom. The smallest absolute Gasteiger partial charge is 0.308 e. The van der Waals surface area contributed by atoms with Crippen LogP contribution in [0.1, 0.15) is 47.0 Å². The van der Waals surface area contributed by atoms with Crippen LogP contribution in [-0.2, 0) is 11.2 Å². The fraction of sp³-hybridized carbons (Fsp3) is 0.368. The number of aryl methyl sites for hydroxylation is 1. The van der Waals surface area contributed by atoms with Crippen molar-refractivity contribution in [1.29, 1.82) is 0 Å². The molecule has 0 saturated heterocycles. The van der Waals surface area contributed by atoms with E-state index >= 15 is 0 Å². The van der Waals surface area contributed by atoms with Gasteiger partial charge in [0.2, 0.25) is 0 Å². The molecule has 2 rings (SSSR count). The maximum absolute atomic E-state index is 12.3. The molecule has 0 radical (unpaired) electrons. The number of hydrogen-bond donors (Lipinski definition) is 2. The van der Waals surface area contributed by atoms with Gasteiger partial charge < -0.3 is 14.8 Å². The van der Waals surface area contributed by atoms with Crippen molar-refractivity contribution in [3.63, 3.8) is 0 Å². The third-order valence-electron chi connectivity index (χ3n) is 3.89. The average molecular weight is 329 g/mol. The fourth-order valence-electron chi connectivity index (χ4n) is 2.64. The summed E-state index contributed by atoms with van der Waals surface area (Å²) >= 11 is 0. The molecule has 0 bridgehead atoms. The molecule has 1 heterocycles. The number of furan rings is 1. The first-order chi connectivity index (χ1) is 11.4. The zero-order valence-corrected chi connectivity index (χ0v) is 14.2. The highest BCUT2D eigenvalue weighted by atomic mass is 16.4. The van der Waals surface area contributed by atoms with Crippen LogP contribution in [0, 0.1) is 12.8 Å². The molecular formula is C19H23NO4. The van der Waals surface area contributed by atoms with Gasteiger partial charge in [-0.2, -0.15) is 0 Å². The average Bonchev–Trinajstić information content (AvgIpc) is 3.00. The van der Waals surface area contributed by atoms with Gasteiger partial charge >= 0.3 is 5.97 Å². The van der Waals surface area contributed by atoms with Crippen LogP contribution in [0.4, 0.5) is 0 Å². The van der Waals surface area contributed by atoms with Crippen molar-refractivity contribution in [2.75, 3.05) is 6.54 Å². The van der Waals surface area contributed by atoms with Crippen LogP contribution >= 0.6 is 0 Å². The lowest BCUT2D eigenvalue weighted by atomic mass is 9.98. The summed E-state index contributed by atoms with van der Waals surface area (Å²) in [6, 6.07) is 9.35. The molecule has 1 aromatic carbocycles. The van der Waals surface area contributed by atoms with Gasteiger partial charge in [0.1, 0.15) is 5.76 Å². The van der Waals surface area contributed by atoms with Gasteiger partial charge in [0.25, 0.3) is 5.91 Å². The molecule has 1 unspecified atom stereocenters. The molecule has 0 spiro atoms. The molecule has 5 nitrogen and oxygen atoms in total. The number of aliphatic carboxylic acids is 1. The molecule has 1 atom stereocenters. The van der Waals surface area contributed by atoms with Crippen LogP contribution in [-0.4, -0.2) is 23.5 Å². The second-order valence-electron chi connectivity index (χ2n) is 6.29. The van der Waals surface area contributed by atoms with Crippen molar-refractivity contribution in [1.82, 2.24) is 5.32 Å². The maximum Gasteiger partial charge on any atom is 0.308 e. The Kier molecular flexibility index (Phi) is 5.79. The van der Waals surface area contributed by atoms with Crippen LogP contribution in [0.25, 0.3) is 0 Å². The zero-order chi connectivity index (χ0) is 17.7. The Hall–Kier alpha value is -2.56. The highest BCUT2D eigenvalue weighted by molar-refractivity contribution is 5.95. The van der Waals surface area contributed by atoms with Gasteiger partial charge in [-0.3, -0.25) is 9.59 Å². The molecule has 0 aliphatic rings. The minimum Gasteiger partial charge on any atom is -0.481 e. The number of carbonyl (C=O) groups is 2. The summed E-state index contributed by atoms with van der Waals surface area (Å²) in [6.07, 6.45) is 1.85. The lowest BCUT2D eigenvalue weighted by molar-refractivity contribution is -0.141. The van der Waals surface area contributed by atoms with Gasteiger partial charge in [0, 0.05) is 12.5 Å². The van der Waals surface area contributed by atoms with Gasteiger partial charge in [-0.1, -0.05) is 43.7 Å². The van der Waals surface area contributed by atoms with Crippen molar-refractivity contribution in [3.05, 3.63) is 59.0 Å². The van der Waals surface area contributed by atoms with Crippen molar-refractivity contribution in [2.24, 2.45) is 5.92 Å². The van der Waals surface area contributed by atoms with Gasteiger partial charge in [0.15, 0.2) is 0 Å². The highest BCUT2D eigenvalue weighted by Gasteiger charge is 2.22. The summed E-state index contributed by atoms with van der Waals surface area (Å²) in [6.45, 7) is 5.92. The van der Waals surface area contributed by atoms with E-state index in [1.165, 1.54) is 6.26 Å². The third kappa shape index (κ3) is 4.47. The normalized spacial score (nSPS) is 12.2. The maximum atomic E-state index is 12.3. The predicted octanol–water partition coefficient (Wildman–Crippen LogP) is 3.38. The van der Waals surface area contributed by atoms with Gasteiger partial charge in [0.05, 0.1) is 17.7 Å². The molecular weight excluding hydrogens is 306 g/mol. The molecule has 5 heteroatoms. The second kappa shape index (κ2) is 7.81. The molecule has 1 amide bonds. The SMILES string of the molecule is Cc1cccc(CC(CNC(=O)c2ccoc2C(C)C)C(=O)O)c1. The van der Waals surface area contributed by atoms with Crippen LogP contribution < -0.4 is 5.32 Å². The van der Waals surface area contributed by atoms with Crippen molar-refractivity contribution in [3.8, 4) is 0 Å². The highest BCUT2D eigenvalue weighted by Crippen LogP contribution is 2.20. The monoisotopic (exact) mass is 329 g/mol. The van der Waals surface area contributed by atoms with Crippen molar-refractivity contribution in [2.45, 2.75) is 33.1 Å². The summed E-state index contributed by atoms with van der Waals surface area (Å²) in [5.74, 6) is -1.21. The summed E-state index contributed by atoms with van der Waals surface area (Å²) in [7, 11) is 0. The largest absolute Gasteiger partial charge is 0.481 e. The molecule has 24 heavy (non-hydrogen) atoms. The number of carboxylic acid groups (broad SMARTS) is 1. The first kappa shape index (κ1) is 17.8. The number of amides is 1. The number of carbonyl (C=O) groups excluding carboxylic acids is 1. The molecule has 0 fully saturated rings. The number of nitrogens with one attached hydrogen (secondary N) is 1. The topological polar surface area (TPSA) is 79.5 Å². The second-order valence-corrected chi connectivity index (χ2v) is 6.29. The van der Waals surface area contributed by atoms with Crippen LogP contribution in [0.15, 0.2) is 41.0 Å². The Labute approximate surface area is 141 Å². The summed E-state index contributed by atoms with van der Waals surface area (Å²) in [5, 5.41) is 12.1. The van der Waals surface area contributed by atoms with Gasteiger partial charge in [-0.15, -0.1) is 0 Å². The quantitative estimate of drug-likeness (QED) is 0.816. The van der Waals surface area contributed by atoms with E-state index in [-0.39, 0.29) is 18.4 Å². The molecule has 1 aromatic heterocycles. The standard InChI is InChI=1S/C19H23NO4/c1-12(2)17-16(7-8-24-17)18(21)20-11-15(19(22)23)10-14-6-4-5-13(3)9-14/h4-9,12,15H,10-11H2,1-3H3,(H,20,21)(H,22,23). The molecule has 2 aromatic rings. The number of benzene rings is 1. The Morgan fingerprint density at radius 3 is 2.62 bits per heavy atom. The van der Waals surface area contributed by atoms with Crippen LogP contribution in [0.3, 0.4) is 0 Å². The van der Waals surface area contributed by atoms with Gasteiger partial charge in [-0.25, -0.2) is 0 Å². The predicted molar refractivity (Wildman–Crippen MR) is 91.1 cm³/mol. The minimum absolute atomic E-state index is 0.0742. The lowest BCUT2D eigenvalue weighted by Crippen LogP contribution is -2.34. The van der Waals surface area contributed by atoms with E-state index in [4.69, 9.17) is 4.42 Å². The molecule has 2 N–H and O–H groups in total. The molecule has 0 aliphatic carbocycles. The van der Waals surface area contributed by atoms with E-state index in [2.05, 4.69) is 5.32 Å². The zero-order valence-electron chi connectivity index (χ0n) is 14.2. The molecule has 0 aliphatic heterocycles. The van der Waals surface area contributed by atoms with E-state index in [0.29, 0.717) is 17.7 Å². The van der Waals surface area contributed by atoms with E-state index in [9.17, 15) is 14.7 Å². The van der Waals surface area contributed by atoms with E-state index in [1.54, 1.807) is 6.07 Å². The number of rotatable bonds is 7. The minimum atomic E-state index is -0.923. The lowest BCUT2D eigenvalue weighted by Gasteiger charge is -2.14. The van der Waals surface area contributed by atoms with Crippen LogP contribution in [0.2, 0.25) is 0 Å². The van der Waals surface area contributed by atoms with E-state index in [1.807, 2.05) is 45.0 Å². The van der Waals surface area contributed by atoms with Crippen LogP contribution in [0.5, 0.6) is 0 Å². The Bertz CT molecular complexity index is 718. The third-order valence-corrected chi connectivity index (χ3v) is 3.89. The molecule has 128 valence electrons. The Morgan fingerprint density at radius 2 is 2.00 bits per heavy atom. The Balaban J connectivity index is 2.02. The number of hydrogen-bond acceptors (Lipinski definition) is 3. The van der Waals surface area contributed by atoms with Crippen molar-refractivity contribution < 1.29 is 19.1 Å². The molecule has 0 saturated carbocycles. The first-order valence-corrected chi connectivity index (χ1v) is 8.02. The summed E-state index contributed by atoms with van der Waals surface area (Å²) in [4.78, 5) is 23.8. The summed E-state index contributed by atoms with van der Waals surface area (Å²) < 4.78 is 5.33. The van der Waals surface area contributed by atoms with E-state index < -0.39 is 11.9 Å². The number of carboxylic acids is 1. The summed E-state index contributed by atoms with van der Waals surface area (Å²) in [5.41, 5.74) is 2.49. The van der Waals surface area contributed by atoms with Gasteiger partial charge in [-0.05, 0) is 25.0 Å². The fourth-order valence-corrected chi connectivity index (χ4v) is 2.64. The first-order valence-electron chi connectivity index (χ1n) is 8.02. The van der Waals surface area contributed by atoms with Crippen molar-refractivity contribution >= 4 is 11.9 Å². The van der Waals surface area contributed by atoms with E-state index in [0.717, 1.165) is 11.1 Å².